The molecule has 2 heteroatoms. The molecule has 1 unspecified atom stereocenters. The molecule has 2 nitrogen and oxygen atoms in total. The van der Waals surface area contributed by atoms with Crippen LogP contribution in [0.15, 0.2) is 0 Å². The van der Waals surface area contributed by atoms with E-state index in [4.69, 9.17) is 0 Å². The first-order valence-corrected chi connectivity index (χ1v) is 6.12. The van der Waals surface area contributed by atoms with Crippen LogP contribution >= 0.6 is 0 Å². The zero-order chi connectivity index (χ0) is 10.0. The summed E-state index contributed by atoms with van der Waals surface area (Å²) in [6.45, 7) is 1.98. The van der Waals surface area contributed by atoms with E-state index in [-0.39, 0.29) is 5.60 Å². The molecule has 2 fully saturated rings. The summed E-state index contributed by atoms with van der Waals surface area (Å²) >= 11 is 0. The van der Waals surface area contributed by atoms with E-state index in [9.17, 15) is 5.11 Å². The molecule has 0 aromatic rings. The molecule has 1 atom stereocenters. The molecule has 0 aromatic carbocycles. The molecular formula is C12H23NO. The van der Waals surface area contributed by atoms with Gasteiger partial charge in [-0.2, -0.15) is 0 Å². The molecule has 0 aromatic heterocycles. The zero-order valence-corrected chi connectivity index (χ0v) is 9.34. The molecule has 0 bridgehead atoms. The van der Waals surface area contributed by atoms with Crippen molar-refractivity contribution in [3.8, 4) is 0 Å². The molecule has 1 heterocycles. The van der Waals surface area contributed by atoms with E-state index in [1.165, 1.54) is 38.5 Å². The topological polar surface area (TPSA) is 23.5 Å². The summed E-state index contributed by atoms with van der Waals surface area (Å²) in [7, 11) is 2.12. The molecule has 2 rings (SSSR count). The molecule has 2 aliphatic rings. The Morgan fingerprint density at radius 1 is 1.14 bits per heavy atom. The van der Waals surface area contributed by atoms with Crippen LogP contribution in [-0.4, -0.2) is 35.7 Å². The van der Waals surface area contributed by atoms with Gasteiger partial charge in [-0.05, 0) is 32.2 Å². The highest BCUT2D eigenvalue weighted by molar-refractivity contribution is 4.94. The minimum absolute atomic E-state index is 0.348. The van der Waals surface area contributed by atoms with Gasteiger partial charge in [-0.3, -0.25) is 0 Å². The predicted molar refractivity (Wildman–Crippen MR) is 58.3 cm³/mol. The average Bonchev–Trinajstić information content (AvgIpc) is 2.45. The Hall–Kier alpha value is -0.0800. The van der Waals surface area contributed by atoms with E-state index in [1.54, 1.807) is 0 Å². The second kappa shape index (κ2) is 4.19. The fraction of sp³-hybridized carbons (Fsp3) is 1.00. The molecule has 0 spiro atoms. The van der Waals surface area contributed by atoms with Crippen molar-refractivity contribution in [2.24, 2.45) is 5.92 Å². The van der Waals surface area contributed by atoms with E-state index in [0.717, 1.165) is 19.5 Å². The van der Waals surface area contributed by atoms with Crippen LogP contribution in [0, 0.1) is 5.92 Å². The maximum absolute atomic E-state index is 10.6. The van der Waals surface area contributed by atoms with E-state index in [1.807, 2.05) is 0 Å². The Morgan fingerprint density at radius 2 is 1.79 bits per heavy atom. The smallest absolute Gasteiger partial charge is 0.0814 e. The number of aliphatic hydroxyl groups is 1. The van der Waals surface area contributed by atoms with Crippen LogP contribution in [0.4, 0.5) is 0 Å². The van der Waals surface area contributed by atoms with Gasteiger partial charge >= 0.3 is 0 Å². The number of hydrogen-bond donors (Lipinski definition) is 1. The summed E-state index contributed by atoms with van der Waals surface area (Å²) in [6, 6.07) is 0. The van der Waals surface area contributed by atoms with Crippen molar-refractivity contribution >= 4 is 0 Å². The summed E-state index contributed by atoms with van der Waals surface area (Å²) in [4.78, 5) is 2.27. The van der Waals surface area contributed by atoms with Crippen molar-refractivity contribution in [3.05, 3.63) is 0 Å². The molecule has 1 aliphatic heterocycles. The fourth-order valence-electron chi connectivity index (χ4n) is 3.16. The van der Waals surface area contributed by atoms with Crippen LogP contribution < -0.4 is 0 Å². The van der Waals surface area contributed by atoms with Crippen molar-refractivity contribution in [2.45, 2.75) is 50.5 Å². The van der Waals surface area contributed by atoms with Crippen LogP contribution in [0.25, 0.3) is 0 Å². The minimum atomic E-state index is -0.348. The molecule has 0 radical (unpaired) electrons. The third-order valence-corrected chi connectivity index (χ3v) is 4.09. The molecule has 0 amide bonds. The number of rotatable bonds is 1. The fourth-order valence-corrected chi connectivity index (χ4v) is 3.16. The highest BCUT2D eigenvalue weighted by Gasteiger charge is 2.41. The lowest BCUT2D eigenvalue weighted by Crippen LogP contribution is -2.40. The highest BCUT2D eigenvalue weighted by Crippen LogP contribution is 2.36. The van der Waals surface area contributed by atoms with Gasteiger partial charge < -0.3 is 10.0 Å². The van der Waals surface area contributed by atoms with Crippen LogP contribution in [0.3, 0.4) is 0 Å². The Kier molecular flexibility index (Phi) is 3.13. The molecule has 1 aliphatic carbocycles. The first-order chi connectivity index (χ1) is 6.71. The van der Waals surface area contributed by atoms with Gasteiger partial charge in [-0.15, -0.1) is 0 Å². The first-order valence-electron chi connectivity index (χ1n) is 6.12. The number of likely N-dealkylation sites (N-methyl/N-ethyl adjacent to an activating group) is 1. The zero-order valence-electron chi connectivity index (χ0n) is 9.34. The first kappa shape index (κ1) is 10.4. The number of β-amino-alcohol motifs (C(OH)–C–C–N with tert-alkyl or cyclic N) is 1. The molecule has 14 heavy (non-hydrogen) atoms. The van der Waals surface area contributed by atoms with Gasteiger partial charge in [0.25, 0.3) is 0 Å². The van der Waals surface area contributed by atoms with Gasteiger partial charge in [0.05, 0.1) is 5.60 Å². The quantitative estimate of drug-likeness (QED) is 0.650. The number of likely N-dealkylation sites (tertiary alicyclic amines) is 1. The molecule has 1 saturated carbocycles. The summed E-state index contributed by atoms with van der Waals surface area (Å²) in [5, 5.41) is 10.6. The Bertz CT molecular complexity index is 187. The highest BCUT2D eigenvalue weighted by atomic mass is 16.3. The van der Waals surface area contributed by atoms with Gasteiger partial charge in [-0.1, -0.05) is 25.7 Å². The number of hydrogen-bond acceptors (Lipinski definition) is 2. The third-order valence-electron chi connectivity index (χ3n) is 4.09. The summed E-state index contributed by atoms with van der Waals surface area (Å²) in [5.74, 6) is 0.579. The van der Waals surface area contributed by atoms with Gasteiger partial charge in [0.2, 0.25) is 0 Å². The molecular weight excluding hydrogens is 174 g/mol. The largest absolute Gasteiger partial charge is 0.388 e. The summed E-state index contributed by atoms with van der Waals surface area (Å²) in [5.41, 5.74) is -0.348. The van der Waals surface area contributed by atoms with Crippen molar-refractivity contribution in [1.29, 1.82) is 0 Å². The van der Waals surface area contributed by atoms with Gasteiger partial charge in [0.1, 0.15) is 0 Å². The van der Waals surface area contributed by atoms with Gasteiger partial charge in [0.15, 0.2) is 0 Å². The van der Waals surface area contributed by atoms with Crippen LogP contribution in [0.1, 0.15) is 44.9 Å². The van der Waals surface area contributed by atoms with E-state index in [2.05, 4.69) is 11.9 Å². The lowest BCUT2D eigenvalue weighted by molar-refractivity contribution is -0.0134. The summed E-state index contributed by atoms with van der Waals surface area (Å²) < 4.78 is 0. The maximum Gasteiger partial charge on any atom is 0.0814 e. The Balaban J connectivity index is 1.97. The molecule has 1 N–H and O–H groups in total. The van der Waals surface area contributed by atoms with E-state index < -0.39 is 0 Å². The van der Waals surface area contributed by atoms with Crippen molar-refractivity contribution in [1.82, 2.24) is 4.90 Å². The van der Waals surface area contributed by atoms with Gasteiger partial charge in [-0.25, -0.2) is 0 Å². The maximum atomic E-state index is 10.6. The molecule has 82 valence electrons. The molecule has 1 saturated heterocycles. The van der Waals surface area contributed by atoms with E-state index >= 15 is 0 Å². The average molecular weight is 197 g/mol. The lowest BCUT2D eigenvalue weighted by atomic mass is 9.81. The number of nitrogens with zero attached hydrogens (tertiary/aromatic N) is 1. The lowest BCUT2D eigenvalue weighted by Gasteiger charge is -2.31. The van der Waals surface area contributed by atoms with Crippen LogP contribution in [-0.2, 0) is 0 Å². The predicted octanol–water partition coefficient (Wildman–Crippen LogP) is 2.02. The van der Waals surface area contributed by atoms with Crippen molar-refractivity contribution in [3.63, 3.8) is 0 Å². The normalized spacial score (nSPS) is 37.3. The van der Waals surface area contributed by atoms with E-state index in [0.29, 0.717) is 5.92 Å². The third kappa shape index (κ3) is 2.12. The van der Waals surface area contributed by atoms with Crippen LogP contribution in [0.2, 0.25) is 0 Å². The minimum Gasteiger partial charge on any atom is -0.388 e. The Labute approximate surface area is 87.3 Å². The Morgan fingerprint density at radius 3 is 2.29 bits per heavy atom. The van der Waals surface area contributed by atoms with Crippen LogP contribution in [0.5, 0.6) is 0 Å². The second-order valence-corrected chi connectivity index (χ2v) is 5.28. The van der Waals surface area contributed by atoms with Crippen molar-refractivity contribution in [2.75, 3.05) is 20.1 Å². The second-order valence-electron chi connectivity index (χ2n) is 5.28. The van der Waals surface area contributed by atoms with Crippen molar-refractivity contribution < 1.29 is 5.11 Å². The van der Waals surface area contributed by atoms with Gasteiger partial charge in [0, 0.05) is 13.1 Å². The standard InChI is InChI=1S/C12H23NO/c1-13-9-8-12(14,10-13)11-6-4-2-3-5-7-11/h11,14H,2-10H2,1H3. The SMILES string of the molecule is CN1CCC(O)(C2CCCCCC2)C1. The monoisotopic (exact) mass is 197 g/mol. The summed E-state index contributed by atoms with van der Waals surface area (Å²) in [6.07, 6.45) is 8.92.